The Morgan fingerprint density at radius 2 is 2.26 bits per heavy atom. The van der Waals surface area contributed by atoms with Gasteiger partial charge in [0, 0.05) is 18.3 Å². The van der Waals surface area contributed by atoms with Gasteiger partial charge in [-0.05, 0) is 59.4 Å². The largest absolute Gasteiger partial charge is 0.385 e. The molecular weight excluding hydrogens is 355 g/mol. The third-order valence-corrected chi connectivity index (χ3v) is 4.65. The molecule has 0 bridgehead atoms. The quantitative estimate of drug-likeness (QED) is 0.482. The second kappa shape index (κ2) is 6.54. The van der Waals surface area contributed by atoms with Gasteiger partial charge in [-0.15, -0.1) is 0 Å². The standard InChI is InChI=1S/C14H19IN2O2/c1-10-3-2-4-11(7-10)9-16-12-5-6-14(17(18)19)13(15)8-12/h5-6,8,10-11,16H,2-4,7,9H2,1H3. The average Bonchev–Trinajstić information content (AvgIpc) is 2.36. The highest BCUT2D eigenvalue weighted by Crippen LogP contribution is 2.29. The summed E-state index contributed by atoms with van der Waals surface area (Å²) in [6.07, 6.45) is 5.26. The Balaban J connectivity index is 1.92. The van der Waals surface area contributed by atoms with Crippen molar-refractivity contribution >= 4 is 34.0 Å². The number of nitro groups is 1. The van der Waals surface area contributed by atoms with E-state index in [2.05, 4.69) is 12.2 Å². The first-order valence-electron chi connectivity index (χ1n) is 6.74. The molecule has 1 aromatic carbocycles. The third kappa shape index (κ3) is 4.06. The van der Waals surface area contributed by atoms with E-state index in [0.29, 0.717) is 3.57 Å². The normalized spacial score (nSPS) is 23.1. The second-order valence-corrected chi connectivity index (χ2v) is 6.60. The van der Waals surface area contributed by atoms with E-state index in [1.54, 1.807) is 12.1 Å². The van der Waals surface area contributed by atoms with Crippen molar-refractivity contribution in [2.24, 2.45) is 11.8 Å². The summed E-state index contributed by atoms with van der Waals surface area (Å²) in [4.78, 5) is 10.4. The molecule has 104 valence electrons. The SMILES string of the molecule is CC1CCCC(CNc2ccc([N+](=O)[O-])c(I)c2)C1. The Bertz CT molecular complexity index is 465. The maximum absolute atomic E-state index is 10.8. The van der Waals surface area contributed by atoms with Gasteiger partial charge < -0.3 is 5.32 Å². The fourth-order valence-electron chi connectivity index (χ4n) is 2.77. The maximum atomic E-state index is 10.8. The number of hydrogen-bond donors (Lipinski definition) is 1. The number of anilines is 1. The first kappa shape index (κ1) is 14.6. The molecule has 4 nitrogen and oxygen atoms in total. The van der Waals surface area contributed by atoms with Crippen LogP contribution in [0.3, 0.4) is 0 Å². The molecule has 2 atom stereocenters. The fourth-order valence-corrected chi connectivity index (χ4v) is 3.48. The molecule has 2 rings (SSSR count). The minimum Gasteiger partial charge on any atom is -0.385 e. The monoisotopic (exact) mass is 374 g/mol. The lowest BCUT2D eigenvalue weighted by atomic mass is 9.82. The van der Waals surface area contributed by atoms with E-state index in [1.807, 2.05) is 28.7 Å². The summed E-state index contributed by atoms with van der Waals surface area (Å²) < 4.78 is 0.685. The predicted octanol–water partition coefficient (Wildman–Crippen LogP) is 4.44. The molecule has 1 saturated carbocycles. The molecule has 19 heavy (non-hydrogen) atoms. The van der Waals surface area contributed by atoms with Crippen LogP contribution in [0.5, 0.6) is 0 Å². The average molecular weight is 374 g/mol. The molecule has 1 aromatic rings. The summed E-state index contributed by atoms with van der Waals surface area (Å²) in [5.74, 6) is 1.56. The van der Waals surface area contributed by atoms with Gasteiger partial charge in [0.25, 0.3) is 5.69 Å². The van der Waals surface area contributed by atoms with Gasteiger partial charge in [0.1, 0.15) is 0 Å². The Hall–Kier alpha value is -0.850. The van der Waals surface area contributed by atoms with E-state index in [-0.39, 0.29) is 10.6 Å². The minimum atomic E-state index is -0.339. The van der Waals surface area contributed by atoms with Gasteiger partial charge in [-0.25, -0.2) is 0 Å². The molecule has 0 heterocycles. The van der Waals surface area contributed by atoms with Gasteiger partial charge in [0.05, 0.1) is 8.49 Å². The van der Waals surface area contributed by atoms with Gasteiger partial charge >= 0.3 is 0 Å². The van der Waals surface area contributed by atoms with E-state index < -0.39 is 0 Å². The minimum absolute atomic E-state index is 0.178. The number of benzene rings is 1. The Labute approximate surface area is 127 Å². The molecular formula is C14H19IN2O2. The summed E-state index contributed by atoms with van der Waals surface area (Å²) in [5, 5.41) is 14.2. The van der Waals surface area contributed by atoms with E-state index in [9.17, 15) is 10.1 Å². The van der Waals surface area contributed by atoms with Crippen molar-refractivity contribution < 1.29 is 4.92 Å². The molecule has 0 aromatic heterocycles. The smallest absolute Gasteiger partial charge is 0.282 e. The van der Waals surface area contributed by atoms with Crippen molar-refractivity contribution in [3.05, 3.63) is 31.9 Å². The van der Waals surface area contributed by atoms with Crippen molar-refractivity contribution in [2.75, 3.05) is 11.9 Å². The van der Waals surface area contributed by atoms with Crippen LogP contribution in [0.25, 0.3) is 0 Å². The zero-order valence-electron chi connectivity index (χ0n) is 11.1. The lowest BCUT2D eigenvalue weighted by Gasteiger charge is -2.27. The number of halogens is 1. The third-order valence-electron chi connectivity index (χ3n) is 3.78. The summed E-state index contributed by atoms with van der Waals surface area (Å²) in [6.45, 7) is 3.29. The van der Waals surface area contributed by atoms with Crippen LogP contribution >= 0.6 is 22.6 Å². The number of rotatable bonds is 4. The van der Waals surface area contributed by atoms with Crippen molar-refractivity contribution in [1.82, 2.24) is 0 Å². The van der Waals surface area contributed by atoms with E-state index in [1.165, 1.54) is 25.7 Å². The van der Waals surface area contributed by atoms with Gasteiger partial charge in [-0.1, -0.05) is 19.8 Å². The maximum Gasteiger partial charge on any atom is 0.282 e. The summed E-state index contributed by atoms with van der Waals surface area (Å²) >= 11 is 2.02. The van der Waals surface area contributed by atoms with Crippen LogP contribution in [0, 0.1) is 25.5 Å². The first-order valence-corrected chi connectivity index (χ1v) is 7.82. The van der Waals surface area contributed by atoms with E-state index >= 15 is 0 Å². The predicted molar refractivity (Wildman–Crippen MR) is 85.4 cm³/mol. The van der Waals surface area contributed by atoms with E-state index in [4.69, 9.17) is 0 Å². The lowest BCUT2D eigenvalue weighted by molar-refractivity contribution is -0.385. The molecule has 2 unspecified atom stereocenters. The zero-order valence-corrected chi connectivity index (χ0v) is 13.2. The zero-order chi connectivity index (χ0) is 13.8. The number of nitrogens with zero attached hydrogens (tertiary/aromatic N) is 1. The second-order valence-electron chi connectivity index (χ2n) is 5.44. The first-order chi connectivity index (χ1) is 9.06. The molecule has 0 radical (unpaired) electrons. The van der Waals surface area contributed by atoms with Crippen LogP contribution in [0.15, 0.2) is 18.2 Å². The Morgan fingerprint density at radius 1 is 1.47 bits per heavy atom. The number of hydrogen-bond acceptors (Lipinski definition) is 3. The van der Waals surface area contributed by atoms with Crippen LogP contribution in [-0.4, -0.2) is 11.5 Å². The molecule has 5 heteroatoms. The summed E-state index contributed by atoms with van der Waals surface area (Å²) in [7, 11) is 0. The molecule has 1 aliphatic carbocycles. The van der Waals surface area contributed by atoms with Crippen molar-refractivity contribution in [1.29, 1.82) is 0 Å². The number of nitrogens with one attached hydrogen (secondary N) is 1. The number of nitro benzene ring substituents is 1. The van der Waals surface area contributed by atoms with Crippen LogP contribution in [0.2, 0.25) is 0 Å². The Kier molecular flexibility index (Phi) is 5.01. The van der Waals surface area contributed by atoms with Crippen molar-refractivity contribution in [3.63, 3.8) is 0 Å². The van der Waals surface area contributed by atoms with Gasteiger partial charge in [-0.3, -0.25) is 10.1 Å². The summed E-state index contributed by atoms with van der Waals surface area (Å²) in [5.41, 5.74) is 1.16. The lowest BCUT2D eigenvalue weighted by Crippen LogP contribution is -2.21. The van der Waals surface area contributed by atoms with E-state index in [0.717, 1.165) is 24.1 Å². The molecule has 0 aliphatic heterocycles. The molecule has 0 spiro atoms. The summed E-state index contributed by atoms with van der Waals surface area (Å²) in [6, 6.07) is 5.23. The van der Waals surface area contributed by atoms with Crippen LogP contribution < -0.4 is 5.32 Å². The molecule has 1 aliphatic rings. The van der Waals surface area contributed by atoms with Gasteiger partial charge in [0.2, 0.25) is 0 Å². The molecule has 1 N–H and O–H groups in total. The topological polar surface area (TPSA) is 55.2 Å². The Morgan fingerprint density at radius 3 is 2.89 bits per heavy atom. The van der Waals surface area contributed by atoms with Crippen LogP contribution in [0.4, 0.5) is 11.4 Å². The highest BCUT2D eigenvalue weighted by Gasteiger charge is 2.18. The molecule has 1 fully saturated rings. The fraction of sp³-hybridized carbons (Fsp3) is 0.571. The van der Waals surface area contributed by atoms with Crippen molar-refractivity contribution in [3.8, 4) is 0 Å². The molecule has 0 saturated heterocycles. The highest BCUT2D eigenvalue weighted by molar-refractivity contribution is 14.1. The van der Waals surface area contributed by atoms with Gasteiger partial charge in [0.15, 0.2) is 0 Å². The van der Waals surface area contributed by atoms with Gasteiger partial charge in [-0.2, -0.15) is 0 Å². The highest BCUT2D eigenvalue weighted by atomic mass is 127. The molecule has 0 amide bonds. The van der Waals surface area contributed by atoms with Crippen molar-refractivity contribution in [2.45, 2.75) is 32.6 Å². The van der Waals surface area contributed by atoms with Crippen LogP contribution in [0.1, 0.15) is 32.6 Å². The van der Waals surface area contributed by atoms with Crippen LogP contribution in [-0.2, 0) is 0 Å².